The Morgan fingerprint density at radius 3 is 2.22 bits per heavy atom. The van der Waals surface area contributed by atoms with Crippen LogP contribution in [0.25, 0.3) is 0 Å². The van der Waals surface area contributed by atoms with Crippen molar-refractivity contribution in [3.63, 3.8) is 0 Å². The molecule has 0 spiro atoms. The number of aromatic nitrogens is 1. The molecule has 0 atom stereocenters. The summed E-state index contributed by atoms with van der Waals surface area (Å²) in [7, 11) is -0.511. The van der Waals surface area contributed by atoms with E-state index >= 15 is 0 Å². The molecule has 0 aliphatic heterocycles. The van der Waals surface area contributed by atoms with Crippen LogP contribution in [0.2, 0.25) is 19.6 Å². The zero-order valence-corrected chi connectivity index (χ0v) is 8.41. The molecule has 9 heavy (non-hydrogen) atoms. The van der Waals surface area contributed by atoms with Gasteiger partial charge in [-0.2, -0.15) is 0 Å². The van der Waals surface area contributed by atoms with Gasteiger partial charge in [0.05, 0.1) is 0 Å². The first-order valence-corrected chi connectivity index (χ1v) is 7.87. The van der Waals surface area contributed by atoms with Crippen molar-refractivity contribution in [1.82, 2.24) is 3.89 Å². The lowest BCUT2D eigenvalue weighted by Gasteiger charge is -2.18. The van der Waals surface area contributed by atoms with E-state index < -0.39 is 8.24 Å². The molecule has 0 aliphatic rings. The van der Waals surface area contributed by atoms with Gasteiger partial charge in [-0.15, -0.1) is 0 Å². The molecule has 0 saturated heterocycles. The molecule has 0 N–H and O–H groups in total. The molecule has 3 heteroatoms. The van der Waals surface area contributed by atoms with Crippen LogP contribution < -0.4 is 0 Å². The molecule has 1 aromatic rings. The summed E-state index contributed by atoms with van der Waals surface area (Å²) in [5.74, 6) is 0. The van der Waals surface area contributed by atoms with Crippen LogP contribution >= 0.6 is 0 Å². The van der Waals surface area contributed by atoms with E-state index in [2.05, 4.69) is 41.5 Å². The third-order valence-corrected chi connectivity index (χ3v) is 6.74. The monoisotopic (exact) mass is 155 g/mol. The van der Waals surface area contributed by atoms with Gasteiger partial charge in [0.15, 0.2) is 0 Å². The average molecular weight is 155 g/mol. The summed E-state index contributed by atoms with van der Waals surface area (Å²) in [6.45, 7) is 7.14. The largest absolute Gasteiger partial charge is 0.414 e. The molecule has 50 valence electrons. The molecule has 0 radical (unpaired) electrons. The van der Waals surface area contributed by atoms with Gasteiger partial charge in [0.2, 0.25) is 0 Å². The summed E-state index contributed by atoms with van der Waals surface area (Å²) in [6.07, 6.45) is 2.24. The van der Waals surface area contributed by atoms with Crippen molar-refractivity contribution in [3.8, 4) is 0 Å². The molecular formula is C6H13NSi2. The van der Waals surface area contributed by atoms with E-state index in [0.717, 1.165) is 0 Å². The molecule has 0 saturated carbocycles. The predicted molar refractivity (Wildman–Crippen MR) is 45.9 cm³/mol. The van der Waals surface area contributed by atoms with Crippen molar-refractivity contribution < 1.29 is 0 Å². The molecule has 1 aromatic heterocycles. The van der Waals surface area contributed by atoms with Gasteiger partial charge in [-0.05, 0) is 6.20 Å². The van der Waals surface area contributed by atoms with Crippen LogP contribution in [0.1, 0.15) is 0 Å². The zero-order chi connectivity index (χ0) is 6.91. The summed E-state index contributed by atoms with van der Waals surface area (Å²) >= 11 is 0. The molecule has 1 rings (SSSR count). The molecule has 1 heterocycles. The molecule has 0 bridgehead atoms. The van der Waals surface area contributed by atoms with Crippen molar-refractivity contribution in [2.45, 2.75) is 19.6 Å². The molecular weight excluding hydrogens is 142 g/mol. The van der Waals surface area contributed by atoms with Crippen LogP contribution in [0.4, 0.5) is 0 Å². The average Bonchev–Trinajstić information content (AvgIpc) is 2.08. The number of nitrogens with zero attached hydrogens (tertiary/aromatic N) is 1. The Balaban J connectivity index is 2.90. The SMILES string of the molecule is C[Si](C)(C)n1ccc[siH]1. The van der Waals surface area contributed by atoms with Crippen LogP contribution in [0.5, 0.6) is 0 Å². The minimum atomic E-state index is -0.972. The summed E-state index contributed by atoms with van der Waals surface area (Å²) in [5, 5.41) is 0. The van der Waals surface area contributed by atoms with E-state index in [-0.39, 0.29) is 0 Å². The van der Waals surface area contributed by atoms with E-state index in [4.69, 9.17) is 0 Å². The maximum absolute atomic E-state index is 2.53. The Hall–Kier alpha value is -0.156. The van der Waals surface area contributed by atoms with Gasteiger partial charge in [0.25, 0.3) is 0 Å². The number of hydrogen-bond acceptors (Lipinski definition) is 0. The van der Waals surface area contributed by atoms with Crippen molar-refractivity contribution in [3.05, 3.63) is 17.9 Å². The standard InChI is InChI=1S/C6H13NSi2/c1-9(2,3)7-5-4-6-8-7/h4-6,8H,1-3H3. The molecule has 0 aliphatic carbocycles. The smallest absolute Gasteiger partial charge is 0.142 e. The lowest BCUT2D eigenvalue weighted by molar-refractivity contribution is 1.26. The Bertz CT molecular complexity index is 173. The van der Waals surface area contributed by atoms with Crippen LogP contribution in [0.15, 0.2) is 17.9 Å². The third-order valence-electron chi connectivity index (χ3n) is 1.38. The second-order valence-corrected chi connectivity index (χ2v) is 9.87. The zero-order valence-electron chi connectivity index (χ0n) is 6.26. The summed E-state index contributed by atoms with van der Waals surface area (Å²) in [5.41, 5.74) is 2.29. The lowest BCUT2D eigenvalue weighted by atomic mass is 10.8. The van der Waals surface area contributed by atoms with Gasteiger partial charge in [-0.1, -0.05) is 31.4 Å². The van der Waals surface area contributed by atoms with Crippen LogP contribution in [0.3, 0.4) is 0 Å². The van der Waals surface area contributed by atoms with Gasteiger partial charge >= 0.3 is 0 Å². The fourth-order valence-corrected chi connectivity index (χ4v) is 3.95. The van der Waals surface area contributed by atoms with Crippen molar-refractivity contribution >= 4 is 17.5 Å². The first-order valence-electron chi connectivity index (χ1n) is 3.24. The van der Waals surface area contributed by atoms with Crippen LogP contribution in [-0.2, 0) is 0 Å². The van der Waals surface area contributed by atoms with E-state index in [1.165, 1.54) is 0 Å². The highest BCUT2D eigenvalue weighted by Crippen LogP contribution is 2.01. The predicted octanol–water partition coefficient (Wildman–Crippen LogP) is 1.24. The van der Waals surface area contributed by atoms with E-state index in [1.54, 1.807) is 0 Å². The van der Waals surface area contributed by atoms with Crippen LogP contribution in [-0.4, -0.2) is 21.4 Å². The maximum atomic E-state index is 2.53. The van der Waals surface area contributed by atoms with Gasteiger partial charge in [-0.3, -0.25) is 0 Å². The second-order valence-electron chi connectivity index (χ2n) is 3.26. The fraction of sp³-hybridized carbons (Fsp3) is 0.500. The highest BCUT2D eigenvalue weighted by Gasteiger charge is 2.12. The molecule has 0 aromatic carbocycles. The van der Waals surface area contributed by atoms with Crippen molar-refractivity contribution in [1.29, 1.82) is 0 Å². The summed E-state index contributed by atoms with van der Waals surface area (Å²) in [6, 6.07) is 2.17. The second kappa shape index (κ2) is 2.23. The molecule has 0 unspecified atom stereocenters. The Labute approximate surface area is 59.6 Å². The lowest BCUT2D eigenvalue weighted by Crippen LogP contribution is -2.32. The number of rotatable bonds is 1. The molecule has 1 nitrogen and oxygen atoms in total. The molecule has 0 fully saturated rings. The maximum Gasteiger partial charge on any atom is 0.142 e. The van der Waals surface area contributed by atoms with Gasteiger partial charge in [0.1, 0.15) is 17.5 Å². The minimum Gasteiger partial charge on any atom is -0.414 e. The highest BCUT2D eigenvalue weighted by molar-refractivity contribution is 6.78. The van der Waals surface area contributed by atoms with Gasteiger partial charge in [0, 0.05) is 0 Å². The highest BCUT2D eigenvalue weighted by atomic mass is 28.4. The Morgan fingerprint density at radius 2 is 2.00 bits per heavy atom. The quantitative estimate of drug-likeness (QED) is 0.538. The minimum absolute atomic E-state index is 0.461. The van der Waals surface area contributed by atoms with E-state index in [9.17, 15) is 0 Å². The third kappa shape index (κ3) is 1.62. The summed E-state index contributed by atoms with van der Waals surface area (Å²) in [4.78, 5) is 0. The first kappa shape index (κ1) is 6.96. The molecule has 0 amide bonds. The van der Waals surface area contributed by atoms with E-state index in [0.29, 0.717) is 9.29 Å². The Morgan fingerprint density at radius 1 is 1.33 bits per heavy atom. The topological polar surface area (TPSA) is 4.93 Å². The van der Waals surface area contributed by atoms with Crippen LogP contribution in [0, 0.1) is 0 Å². The van der Waals surface area contributed by atoms with Gasteiger partial charge in [-0.25, -0.2) is 0 Å². The summed E-state index contributed by atoms with van der Waals surface area (Å²) < 4.78 is 2.53. The first-order chi connectivity index (χ1) is 4.11. The number of hydrogen-bond donors (Lipinski definition) is 0. The normalized spacial score (nSPS) is 11.9. The van der Waals surface area contributed by atoms with Crippen molar-refractivity contribution in [2.75, 3.05) is 0 Å². The van der Waals surface area contributed by atoms with Gasteiger partial charge < -0.3 is 3.89 Å². The van der Waals surface area contributed by atoms with E-state index in [1.807, 2.05) is 0 Å². The Kier molecular flexibility index (Phi) is 1.72. The fourth-order valence-electron chi connectivity index (χ4n) is 0.782. The van der Waals surface area contributed by atoms with Crippen molar-refractivity contribution in [2.24, 2.45) is 0 Å².